The molecule has 29 heavy (non-hydrogen) atoms. The maximum Gasteiger partial charge on any atom is 0.114 e. The van der Waals surface area contributed by atoms with Crippen molar-refractivity contribution in [3.05, 3.63) is 74.6 Å². The molecule has 0 amide bonds. The number of thiophene rings is 1. The minimum absolute atomic E-state index is 0.856. The molecule has 2 nitrogen and oxygen atoms in total. The number of allylic oxidation sites excluding steroid dienone is 5. The van der Waals surface area contributed by atoms with E-state index in [0.29, 0.717) is 0 Å². The summed E-state index contributed by atoms with van der Waals surface area (Å²) in [5.74, 6) is 0. The van der Waals surface area contributed by atoms with Crippen LogP contribution >= 0.6 is 11.3 Å². The average molecular weight is 419 g/mol. The van der Waals surface area contributed by atoms with Gasteiger partial charge >= 0.3 is 0 Å². The van der Waals surface area contributed by atoms with Crippen LogP contribution in [0.5, 0.6) is 0 Å². The number of aryl methyl sites for hydroxylation is 1. The minimum atomic E-state index is -1.88. The predicted octanol–water partition coefficient (Wildman–Crippen LogP) is 6.04. The molecule has 1 aromatic heterocycles. The predicted molar refractivity (Wildman–Crippen MR) is 132 cm³/mol. The molecule has 0 unspecified atom stereocenters. The van der Waals surface area contributed by atoms with Crippen molar-refractivity contribution in [1.82, 2.24) is 0 Å². The number of nitrogens with zero attached hydrogens (tertiary/aromatic N) is 1. The second-order valence-corrected chi connectivity index (χ2v) is 13.7. The summed E-state index contributed by atoms with van der Waals surface area (Å²) in [5.41, 5.74) is 15.0. The highest BCUT2D eigenvalue weighted by molar-refractivity contribution is 7.08. The van der Waals surface area contributed by atoms with Crippen LogP contribution in [0.1, 0.15) is 42.9 Å². The van der Waals surface area contributed by atoms with E-state index in [4.69, 9.17) is 10.7 Å². The third-order valence-electron chi connectivity index (χ3n) is 6.11. The molecule has 0 atom stereocenters. The van der Waals surface area contributed by atoms with E-state index in [0.717, 1.165) is 17.9 Å². The molecule has 150 valence electrons. The van der Waals surface area contributed by atoms with Crippen LogP contribution in [-0.4, -0.2) is 20.3 Å². The molecule has 1 aliphatic carbocycles. The van der Waals surface area contributed by atoms with Gasteiger partial charge < -0.3 is 5.73 Å². The van der Waals surface area contributed by atoms with E-state index in [9.17, 15) is 0 Å². The number of hydrogen-bond donors (Lipinski definition) is 1. The van der Waals surface area contributed by atoms with Crippen molar-refractivity contribution in [3.63, 3.8) is 0 Å². The third-order valence-corrected chi connectivity index (χ3v) is 10.5. The lowest BCUT2D eigenvalue weighted by molar-refractivity contribution is 0.728. The molecule has 2 heterocycles. The normalized spacial score (nSPS) is 18.6. The molecule has 1 aromatic carbocycles. The fourth-order valence-electron chi connectivity index (χ4n) is 4.43. The van der Waals surface area contributed by atoms with Crippen LogP contribution in [0.2, 0.25) is 13.1 Å². The molecule has 4 rings (SSSR count). The first-order valence-electron chi connectivity index (χ1n) is 10.6. The minimum Gasteiger partial charge on any atom is -0.399 e. The van der Waals surface area contributed by atoms with Crippen molar-refractivity contribution in [3.8, 4) is 0 Å². The van der Waals surface area contributed by atoms with Crippen molar-refractivity contribution >= 4 is 41.6 Å². The van der Waals surface area contributed by atoms with Crippen LogP contribution in [0.15, 0.2) is 62.9 Å². The number of anilines is 1. The Labute approximate surface area is 179 Å². The number of unbranched alkanes of at least 4 members (excludes halogenated alkanes) is 2. The molecule has 2 aliphatic rings. The summed E-state index contributed by atoms with van der Waals surface area (Å²) in [4.78, 5) is 4.89. The Morgan fingerprint density at radius 3 is 2.62 bits per heavy atom. The Morgan fingerprint density at radius 2 is 1.90 bits per heavy atom. The van der Waals surface area contributed by atoms with Crippen molar-refractivity contribution in [1.29, 1.82) is 0 Å². The van der Waals surface area contributed by atoms with Crippen molar-refractivity contribution < 1.29 is 0 Å². The van der Waals surface area contributed by atoms with Gasteiger partial charge in [0.1, 0.15) is 8.07 Å². The summed E-state index contributed by atoms with van der Waals surface area (Å²) >= 11 is 1.78. The van der Waals surface area contributed by atoms with E-state index in [2.05, 4.69) is 68.1 Å². The van der Waals surface area contributed by atoms with Gasteiger partial charge in [0.25, 0.3) is 0 Å². The highest BCUT2D eigenvalue weighted by Gasteiger charge is 2.39. The fourth-order valence-corrected chi connectivity index (χ4v) is 8.36. The lowest BCUT2D eigenvalue weighted by atomic mass is 9.89. The van der Waals surface area contributed by atoms with E-state index in [1.807, 2.05) is 6.07 Å². The number of aliphatic imine (C=N–C) groups is 1. The van der Waals surface area contributed by atoms with Crippen LogP contribution in [0.25, 0.3) is 5.57 Å². The SMILES string of the molecule is CCCCC/N=C1/C=CC2=C(c3cscc3C)c3ccc(N)cc3[Si](C)(C)C2=C1. The largest absolute Gasteiger partial charge is 0.399 e. The summed E-state index contributed by atoms with van der Waals surface area (Å²) < 4.78 is 0. The monoisotopic (exact) mass is 418 g/mol. The second kappa shape index (κ2) is 7.92. The van der Waals surface area contributed by atoms with Crippen LogP contribution in [-0.2, 0) is 0 Å². The number of rotatable bonds is 5. The van der Waals surface area contributed by atoms with Gasteiger partial charge in [-0.3, -0.25) is 4.99 Å². The smallest absolute Gasteiger partial charge is 0.114 e. The molecule has 2 aromatic rings. The number of hydrogen-bond acceptors (Lipinski definition) is 3. The van der Waals surface area contributed by atoms with E-state index in [-0.39, 0.29) is 0 Å². The van der Waals surface area contributed by atoms with Crippen LogP contribution < -0.4 is 10.9 Å². The van der Waals surface area contributed by atoms with Gasteiger partial charge in [0.05, 0.1) is 5.71 Å². The molecule has 4 heteroatoms. The van der Waals surface area contributed by atoms with Gasteiger partial charge in [0.2, 0.25) is 0 Å². The standard InChI is InChI=1S/C25H30N2SSi/c1-5-6-7-12-27-19-9-11-21-24(14-19)29(3,4)23-13-18(26)8-10-20(23)25(21)22-16-28-15-17(22)2/h8-11,13-16H,5-7,12,26H2,1-4H3/b27-19-. The molecule has 1 aliphatic heterocycles. The first-order valence-corrected chi connectivity index (χ1v) is 14.5. The van der Waals surface area contributed by atoms with Gasteiger partial charge in [-0.1, -0.05) is 45.0 Å². The highest BCUT2D eigenvalue weighted by Crippen LogP contribution is 2.42. The molecule has 0 spiro atoms. The van der Waals surface area contributed by atoms with E-state index >= 15 is 0 Å². The molecule has 2 N–H and O–H groups in total. The molecule has 0 radical (unpaired) electrons. The van der Waals surface area contributed by atoms with Gasteiger partial charge in [-0.15, -0.1) is 0 Å². The Bertz CT molecular complexity index is 1070. The molecule has 0 fully saturated rings. The van der Waals surface area contributed by atoms with Crippen LogP contribution in [0, 0.1) is 6.92 Å². The molecule has 0 saturated heterocycles. The van der Waals surface area contributed by atoms with Gasteiger partial charge in [-0.25, -0.2) is 0 Å². The first kappa shape index (κ1) is 20.1. The second-order valence-electron chi connectivity index (χ2n) is 8.59. The third kappa shape index (κ3) is 3.60. The van der Waals surface area contributed by atoms with Crippen molar-refractivity contribution in [2.24, 2.45) is 4.99 Å². The summed E-state index contributed by atoms with van der Waals surface area (Å²) in [7, 11) is -1.88. The van der Waals surface area contributed by atoms with Gasteiger partial charge in [0, 0.05) is 12.2 Å². The van der Waals surface area contributed by atoms with Crippen LogP contribution in [0.4, 0.5) is 5.69 Å². The van der Waals surface area contributed by atoms with E-state index in [1.165, 1.54) is 57.5 Å². The van der Waals surface area contributed by atoms with Crippen molar-refractivity contribution in [2.75, 3.05) is 12.3 Å². The lowest BCUT2D eigenvalue weighted by Crippen LogP contribution is -2.49. The average Bonchev–Trinajstić information content (AvgIpc) is 3.12. The summed E-state index contributed by atoms with van der Waals surface area (Å²) in [6.07, 6.45) is 10.5. The highest BCUT2D eigenvalue weighted by atomic mass is 32.1. The Hall–Kier alpha value is -2.17. The van der Waals surface area contributed by atoms with E-state index in [1.54, 1.807) is 11.3 Å². The first-order chi connectivity index (χ1) is 13.9. The summed E-state index contributed by atoms with van der Waals surface area (Å²) in [6.45, 7) is 10.3. The Balaban J connectivity index is 1.90. The Morgan fingerprint density at radius 1 is 1.07 bits per heavy atom. The number of fused-ring (bicyclic) bond motifs is 2. The molecule has 0 bridgehead atoms. The number of nitrogens with two attached hydrogens (primary N) is 1. The molecular weight excluding hydrogens is 388 g/mol. The van der Waals surface area contributed by atoms with Gasteiger partial charge in [-0.05, 0) is 86.6 Å². The van der Waals surface area contributed by atoms with Gasteiger partial charge in [-0.2, -0.15) is 11.3 Å². The maximum atomic E-state index is 6.24. The Kier molecular flexibility index (Phi) is 5.49. The van der Waals surface area contributed by atoms with Gasteiger partial charge in [0.15, 0.2) is 0 Å². The fraction of sp³-hybridized carbons (Fsp3) is 0.320. The number of benzene rings is 1. The molecular formula is C25H30N2SSi. The quantitative estimate of drug-likeness (QED) is 0.359. The topological polar surface area (TPSA) is 38.4 Å². The van der Waals surface area contributed by atoms with Crippen LogP contribution in [0.3, 0.4) is 0 Å². The zero-order valence-corrected chi connectivity index (χ0v) is 19.7. The van der Waals surface area contributed by atoms with Crippen molar-refractivity contribution in [2.45, 2.75) is 46.2 Å². The zero-order chi connectivity index (χ0) is 20.6. The molecule has 0 saturated carbocycles. The van der Waals surface area contributed by atoms with E-state index < -0.39 is 8.07 Å². The lowest BCUT2D eigenvalue weighted by Gasteiger charge is -2.38. The summed E-state index contributed by atoms with van der Waals surface area (Å²) in [5, 5.41) is 7.45. The zero-order valence-electron chi connectivity index (χ0n) is 17.9. The maximum absolute atomic E-state index is 6.24. The number of nitrogen functional groups attached to an aromatic ring is 1. The summed E-state index contributed by atoms with van der Waals surface area (Å²) in [6, 6.07) is 6.50.